The molecule has 3 rings (SSSR count). The summed E-state index contributed by atoms with van der Waals surface area (Å²) in [5.41, 5.74) is 10.4. The van der Waals surface area contributed by atoms with Crippen LogP contribution in [-0.2, 0) is 12.8 Å². The van der Waals surface area contributed by atoms with Crippen LogP contribution in [0.3, 0.4) is 0 Å². The average Bonchev–Trinajstić information content (AvgIpc) is 2.80. The molecular formula is C15H15NO2S. The SMILES string of the molecule is Nc1scc(-c2ccc3c(c2)CCCC3)c1C(=O)O. The number of thiophene rings is 1. The maximum Gasteiger partial charge on any atom is 0.339 e. The predicted molar refractivity (Wildman–Crippen MR) is 77.8 cm³/mol. The number of rotatable bonds is 2. The monoisotopic (exact) mass is 273 g/mol. The van der Waals surface area contributed by atoms with E-state index in [1.165, 1.54) is 35.3 Å². The molecule has 1 aliphatic rings. The summed E-state index contributed by atoms with van der Waals surface area (Å²) in [6.45, 7) is 0. The third-order valence-corrected chi connectivity index (χ3v) is 4.50. The van der Waals surface area contributed by atoms with Crippen molar-refractivity contribution in [1.29, 1.82) is 0 Å². The Morgan fingerprint density at radius 1 is 1.21 bits per heavy atom. The predicted octanol–water partition coefficient (Wildman–Crippen LogP) is 3.57. The number of nitrogens with two attached hydrogens (primary N) is 1. The number of hydrogen-bond acceptors (Lipinski definition) is 3. The molecule has 0 fully saturated rings. The molecule has 0 atom stereocenters. The highest BCUT2D eigenvalue weighted by molar-refractivity contribution is 7.14. The minimum atomic E-state index is -0.952. The van der Waals surface area contributed by atoms with Gasteiger partial charge in [-0.05, 0) is 42.4 Å². The molecule has 0 unspecified atom stereocenters. The van der Waals surface area contributed by atoms with Crippen molar-refractivity contribution in [2.45, 2.75) is 25.7 Å². The molecule has 1 aromatic heterocycles. The lowest BCUT2D eigenvalue weighted by molar-refractivity contribution is 0.0699. The van der Waals surface area contributed by atoms with Gasteiger partial charge in [-0.1, -0.05) is 18.2 Å². The van der Waals surface area contributed by atoms with Crippen LogP contribution in [0.1, 0.15) is 34.3 Å². The zero-order valence-corrected chi connectivity index (χ0v) is 11.3. The van der Waals surface area contributed by atoms with Crippen LogP contribution < -0.4 is 5.73 Å². The highest BCUT2D eigenvalue weighted by Gasteiger charge is 2.19. The van der Waals surface area contributed by atoms with Crippen molar-refractivity contribution in [3.05, 3.63) is 40.3 Å². The molecule has 0 spiro atoms. The Morgan fingerprint density at radius 2 is 1.95 bits per heavy atom. The Hall–Kier alpha value is -1.81. The van der Waals surface area contributed by atoms with E-state index in [0.717, 1.165) is 24.0 Å². The fourth-order valence-corrected chi connectivity index (χ4v) is 3.52. The van der Waals surface area contributed by atoms with Crippen molar-refractivity contribution >= 4 is 22.3 Å². The molecule has 2 aromatic rings. The Bertz CT molecular complexity index is 646. The highest BCUT2D eigenvalue weighted by atomic mass is 32.1. The first-order chi connectivity index (χ1) is 9.16. The van der Waals surface area contributed by atoms with Crippen molar-refractivity contribution in [3.8, 4) is 11.1 Å². The molecule has 0 amide bonds. The largest absolute Gasteiger partial charge is 0.478 e. The van der Waals surface area contributed by atoms with Gasteiger partial charge >= 0.3 is 5.97 Å². The number of aryl methyl sites for hydroxylation is 2. The fourth-order valence-electron chi connectivity index (χ4n) is 2.71. The number of aromatic carboxylic acids is 1. The van der Waals surface area contributed by atoms with Gasteiger partial charge in [0.25, 0.3) is 0 Å². The molecule has 3 nitrogen and oxygen atoms in total. The Kier molecular flexibility index (Phi) is 3.03. The van der Waals surface area contributed by atoms with Crippen molar-refractivity contribution < 1.29 is 9.90 Å². The van der Waals surface area contributed by atoms with Crippen LogP contribution in [0.4, 0.5) is 5.00 Å². The van der Waals surface area contributed by atoms with Crippen LogP contribution in [-0.4, -0.2) is 11.1 Å². The van der Waals surface area contributed by atoms with Crippen LogP contribution in [0.2, 0.25) is 0 Å². The molecular weight excluding hydrogens is 258 g/mol. The molecule has 0 saturated carbocycles. The summed E-state index contributed by atoms with van der Waals surface area (Å²) in [5, 5.41) is 11.5. The van der Waals surface area contributed by atoms with Crippen LogP contribution in [0.5, 0.6) is 0 Å². The van der Waals surface area contributed by atoms with Gasteiger partial charge in [0, 0.05) is 10.9 Å². The van der Waals surface area contributed by atoms with E-state index >= 15 is 0 Å². The summed E-state index contributed by atoms with van der Waals surface area (Å²) < 4.78 is 0. The number of benzene rings is 1. The normalized spacial score (nSPS) is 14.1. The summed E-state index contributed by atoms with van der Waals surface area (Å²) >= 11 is 1.29. The molecule has 98 valence electrons. The zero-order valence-electron chi connectivity index (χ0n) is 10.5. The molecule has 1 heterocycles. The Balaban J connectivity index is 2.10. The molecule has 0 bridgehead atoms. The quantitative estimate of drug-likeness (QED) is 0.879. The number of fused-ring (bicyclic) bond motifs is 1. The van der Waals surface area contributed by atoms with Crippen LogP contribution in [0.25, 0.3) is 11.1 Å². The second-order valence-electron chi connectivity index (χ2n) is 4.88. The second kappa shape index (κ2) is 4.70. The molecule has 1 aromatic carbocycles. The van der Waals surface area contributed by atoms with Gasteiger partial charge < -0.3 is 10.8 Å². The van der Waals surface area contributed by atoms with Gasteiger partial charge in [0.05, 0.1) is 0 Å². The number of hydrogen-bond donors (Lipinski definition) is 2. The average molecular weight is 273 g/mol. The minimum Gasteiger partial charge on any atom is -0.478 e. The number of carbonyl (C=O) groups is 1. The molecule has 1 aliphatic carbocycles. The first kappa shape index (κ1) is 12.2. The van der Waals surface area contributed by atoms with Gasteiger partial charge in [0.15, 0.2) is 0 Å². The molecule has 3 N–H and O–H groups in total. The van der Waals surface area contributed by atoms with Gasteiger partial charge in [0.1, 0.15) is 10.6 Å². The first-order valence-electron chi connectivity index (χ1n) is 6.39. The second-order valence-corrected chi connectivity index (χ2v) is 5.80. The highest BCUT2D eigenvalue weighted by Crippen LogP contribution is 2.35. The third-order valence-electron chi connectivity index (χ3n) is 3.69. The van der Waals surface area contributed by atoms with E-state index < -0.39 is 5.97 Å². The minimum absolute atomic E-state index is 0.237. The summed E-state index contributed by atoms with van der Waals surface area (Å²) in [4.78, 5) is 11.3. The number of nitrogen functional groups attached to an aromatic ring is 1. The lowest BCUT2D eigenvalue weighted by atomic mass is 9.89. The lowest BCUT2D eigenvalue weighted by Gasteiger charge is -2.16. The third kappa shape index (κ3) is 2.12. The van der Waals surface area contributed by atoms with E-state index in [2.05, 4.69) is 12.1 Å². The summed E-state index contributed by atoms with van der Waals surface area (Å²) in [6.07, 6.45) is 4.69. The molecule has 0 radical (unpaired) electrons. The zero-order chi connectivity index (χ0) is 13.4. The molecule has 19 heavy (non-hydrogen) atoms. The topological polar surface area (TPSA) is 63.3 Å². The van der Waals surface area contributed by atoms with E-state index in [0.29, 0.717) is 5.00 Å². The lowest BCUT2D eigenvalue weighted by Crippen LogP contribution is -2.03. The summed E-state index contributed by atoms with van der Waals surface area (Å²) in [7, 11) is 0. The molecule has 4 heteroatoms. The van der Waals surface area contributed by atoms with Crippen molar-refractivity contribution in [2.24, 2.45) is 0 Å². The van der Waals surface area contributed by atoms with E-state index in [1.54, 1.807) is 0 Å². The summed E-state index contributed by atoms with van der Waals surface area (Å²) in [5.74, 6) is -0.952. The maximum atomic E-state index is 11.3. The number of carboxylic acid groups (broad SMARTS) is 1. The van der Waals surface area contributed by atoms with Crippen molar-refractivity contribution in [1.82, 2.24) is 0 Å². The van der Waals surface area contributed by atoms with E-state index in [1.807, 2.05) is 11.4 Å². The Morgan fingerprint density at radius 3 is 2.68 bits per heavy atom. The van der Waals surface area contributed by atoms with E-state index in [4.69, 9.17) is 5.73 Å². The molecule has 0 saturated heterocycles. The van der Waals surface area contributed by atoms with Gasteiger partial charge in [-0.15, -0.1) is 11.3 Å². The fraction of sp³-hybridized carbons (Fsp3) is 0.267. The van der Waals surface area contributed by atoms with Crippen molar-refractivity contribution in [2.75, 3.05) is 5.73 Å². The Labute approximate surface area is 115 Å². The first-order valence-corrected chi connectivity index (χ1v) is 7.27. The van der Waals surface area contributed by atoms with Crippen LogP contribution in [0.15, 0.2) is 23.6 Å². The number of anilines is 1. The van der Waals surface area contributed by atoms with Crippen LogP contribution >= 0.6 is 11.3 Å². The number of carboxylic acids is 1. The van der Waals surface area contributed by atoms with Gasteiger partial charge in [-0.25, -0.2) is 4.79 Å². The smallest absolute Gasteiger partial charge is 0.339 e. The summed E-state index contributed by atoms with van der Waals surface area (Å²) in [6, 6.07) is 6.27. The standard InChI is InChI=1S/C15H15NO2S/c16-14-13(15(17)18)12(8-19-14)11-6-5-9-3-1-2-4-10(9)7-11/h5-8H,1-4,16H2,(H,17,18). The molecule has 0 aliphatic heterocycles. The van der Waals surface area contributed by atoms with E-state index in [9.17, 15) is 9.90 Å². The van der Waals surface area contributed by atoms with E-state index in [-0.39, 0.29) is 5.56 Å². The maximum absolute atomic E-state index is 11.3. The van der Waals surface area contributed by atoms with Gasteiger partial charge in [0.2, 0.25) is 0 Å². The van der Waals surface area contributed by atoms with Crippen molar-refractivity contribution in [3.63, 3.8) is 0 Å². The van der Waals surface area contributed by atoms with Gasteiger partial charge in [-0.2, -0.15) is 0 Å². The van der Waals surface area contributed by atoms with Gasteiger partial charge in [-0.3, -0.25) is 0 Å². The van der Waals surface area contributed by atoms with Crippen LogP contribution in [0, 0.1) is 0 Å².